The van der Waals surface area contributed by atoms with Crippen LogP contribution in [0.2, 0.25) is 0 Å². The van der Waals surface area contributed by atoms with Gasteiger partial charge in [0.15, 0.2) is 0 Å². The highest BCUT2D eigenvalue weighted by molar-refractivity contribution is 7.90. The number of rotatable bonds is 9. The monoisotopic (exact) mass is 452 g/mol. The molecule has 1 aromatic heterocycles. The predicted molar refractivity (Wildman–Crippen MR) is 125 cm³/mol. The topological polar surface area (TPSA) is 94.6 Å². The predicted octanol–water partition coefficient (Wildman–Crippen LogP) is 2.66. The van der Waals surface area contributed by atoms with Crippen LogP contribution in [0.5, 0.6) is 0 Å². The van der Waals surface area contributed by atoms with E-state index in [9.17, 15) is 13.5 Å². The maximum Gasteiger partial charge on any atom is 0.301 e. The molecule has 3 N–H and O–H groups in total. The summed E-state index contributed by atoms with van der Waals surface area (Å²) in [4.78, 5) is 4.02. The van der Waals surface area contributed by atoms with E-state index in [1.54, 1.807) is 30.6 Å². The van der Waals surface area contributed by atoms with Gasteiger partial charge < -0.3 is 10.4 Å². The quantitative estimate of drug-likeness (QED) is 0.434. The van der Waals surface area contributed by atoms with E-state index in [1.807, 2.05) is 36.4 Å². The first-order valence-electron chi connectivity index (χ1n) is 10.7. The van der Waals surface area contributed by atoms with Gasteiger partial charge in [-0.2, -0.15) is 12.7 Å². The van der Waals surface area contributed by atoms with Gasteiger partial charge in [-0.15, -0.1) is 0 Å². The van der Waals surface area contributed by atoms with E-state index in [-0.39, 0.29) is 0 Å². The number of hydrogen-bond donors (Lipinski definition) is 3. The van der Waals surface area contributed by atoms with Crippen molar-refractivity contribution in [1.82, 2.24) is 14.6 Å². The molecule has 1 aliphatic heterocycles. The minimum Gasteiger partial charge on any atom is -0.387 e. The van der Waals surface area contributed by atoms with E-state index < -0.39 is 16.3 Å². The summed E-state index contributed by atoms with van der Waals surface area (Å²) in [6, 6.07) is 19.0. The Kier molecular flexibility index (Phi) is 7.16. The molecule has 0 saturated heterocycles. The first kappa shape index (κ1) is 22.4. The van der Waals surface area contributed by atoms with Crippen LogP contribution in [-0.4, -0.2) is 42.4 Å². The zero-order valence-corrected chi connectivity index (χ0v) is 18.6. The Balaban J connectivity index is 1.25. The number of nitrogens with one attached hydrogen (secondary N) is 2. The number of hydrogen-bond acceptors (Lipinski definition) is 5. The fraction of sp³-hybridized carbons (Fsp3) is 0.292. The third kappa shape index (κ3) is 5.72. The second kappa shape index (κ2) is 10.2. The molecule has 7 nitrogen and oxygen atoms in total. The van der Waals surface area contributed by atoms with Crippen LogP contribution in [0, 0.1) is 0 Å². The van der Waals surface area contributed by atoms with Crippen LogP contribution in [-0.2, 0) is 29.6 Å². The van der Waals surface area contributed by atoms with E-state index in [2.05, 4.69) is 21.1 Å². The van der Waals surface area contributed by atoms with E-state index in [0.717, 1.165) is 29.5 Å². The van der Waals surface area contributed by atoms with Crippen molar-refractivity contribution in [2.24, 2.45) is 0 Å². The standard InChI is InChI=1S/C24H28N4O3S/c29-24(21-6-3-13-25-16-21)17-26-14-11-19-7-9-23(10-8-19)27-32(30,31)28-15-12-20-4-1-2-5-22(20)18-28/h1-10,13,16,24,26-27,29H,11-12,14-15,17-18H2/t24-/m1/s1. The molecule has 1 atom stereocenters. The lowest BCUT2D eigenvalue weighted by Gasteiger charge is -2.28. The van der Waals surface area contributed by atoms with Gasteiger partial charge in [-0.3, -0.25) is 9.71 Å². The van der Waals surface area contributed by atoms with Gasteiger partial charge in [0.05, 0.1) is 6.10 Å². The summed E-state index contributed by atoms with van der Waals surface area (Å²) in [7, 11) is -3.61. The molecule has 0 bridgehead atoms. The highest BCUT2D eigenvalue weighted by Crippen LogP contribution is 2.22. The molecule has 3 aromatic rings. The summed E-state index contributed by atoms with van der Waals surface area (Å²) in [5, 5.41) is 13.4. The number of pyridine rings is 1. The van der Waals surface area contributed by atoms with Gasteiger partial charge >= 0.3 is 10.2 Å². The summed E-state index contributed by atoms with van der Waals surface area (Å²) in [5.41, 5.74) is 4.69. The number of anilines is 1. The number of nitrogens with zero attached hydrogens (tertiary/aromatic N) is 2. The average Bonchev–Trinajstić information content (AvgIpc) is 2.82. The molecule has 0 unspecified atom stereocenters. The summed E-state index contributed by atoms with van der Waals surface area (Å²) in [6.07, 6.45) is 4.24. The molecule has 0 saturated carbocycles. The molecule has 0 fully saturated rings. The molecule has 4 rings (SSSR count). The molecule has 0 spiro atoms. The summed E-state index contributed by atoms with van der Waals surface area (Å²) >= 11 is 0. The van der Waals surface area contributed by atoms with Gasteiger partial charge in [0.2, 0.25) is 0 Å². The van der Waals surface area contributed by atoms with E-state index >= 15 is 0 Å². The number of aliphatic hydroxyl groups is 1. The van der Waals surface area contributed by atoms with Crippen LogP contribution in [0.3, 0.4) is 0 Å². The molecule has 2 aromatic carbocycles. The number of fused-ring (bicyclic) bond motifs is 1. The number of benzene rings is 2. The third-order valence-corrected chi connectivity index (χ3v) is 7.12. The first-order chi connectivity index (χ1) is 15.5. The maximum absolute atomic E-state index is 12.8. The van der Waals surface area contributed by atoms with Crippen LogP contribution in [0.25, 0.3) is 0 Å². The zero-order chi connectivity index (χ0) is 22.4. The van der Waals surface area contributed by atoms with Crippen molar-refractivity contribution in [1.29, 1.82) is 0 Å². The van der Waals surface area contributed by atoms with Crippen LogP contribution in [0.4, 0.5) is 5.69 Å². The Morgan fingerprint density at radius 1 is 1.03 bits per heavy atom. The van der Waals surface area contributed by atoms with Crippen LogP contribution in [0.1, 0.15) is 28.4 Å². The lowest BCUT2D eigenvalue weighted by Crippen LogP contribution is -2.39. The van der Waals surface area contributed by atoms with Gasteiger partial charge in [0.25, 0.3) is 0 Å². The van der Waals surface area contributed by atoms with Crippen molar-refractivity contribution in [3.8, 4) is 0 Å². The normalized spacial score (nSPS) is 15.2. The van der Waals surface area contributed by atoms with Crippen LogP contribution < -0.4 is 10.0 Å². The lowest BCUT2D eigenvalue weighted by molar-refractivity contribution is 0.174. The van der Waals surface area contributed by atoms with Crippen molar-refractivity contribution in [3.05, 3.63) is 95.3 Å². The largest absolute Gasteiger partial charge is 0.387 e. The molecule has 0 radical (unpaired) electrons. The molecule has 8 heteroatoms. The van der Waals surface area contributed by atoms with Gasteiger partial charge in [-0.25, -0.2) is 0 Å². The Morgan fingerprint density at radius 2 is 1.81 bits per heavy atom. The second-order valence-electron chi connectivity index (χ2n) is 7.91. The van der Waals surface area contributed by atoms with Crippen molar-refractivity contribution < 1.29 is 13.5 Å². The Morgan fingerprint density at radius 3 is 2.56 bits per heavy atom. The van der Waals surface area contributed by atoms with Crippen molar-refractivity contribution in [3.63, 3.8) is 0 Å². The summed E-state index contributed by atoms with van der Waals surface area (Å²) in [6.45, 7) is 2.01. The minimum absolute atomic E-state index is 0.389. The number of aromatic nitrogens is 1. The zero-order valence-electron chi connectivity index (χ0n) is 17.8. The molecule has 2 heterocycles. The van der Waals surface area contributed by atoms with Crippen LogP contribution in [0.15, 0.2) is 73.1 Å². The highest BCUT2D eigenvalue weighted by atomic mass is 32.2. The van der Waals surface area contributed by atoms with Gasteiger partial charge in [0, 0.05) is 43.3 Å². The van der Waals surface area contributed by atoms with Gasteiger partial charge in [-0.1, -0.05) is 42.5 Å². The van der Waals surface area contributed by atoms with E-state index in [1.165, 1.54) is 9.87 Å². The average molecular weight is 453 g/mol. The number of aliphatic hydroxyl groups excluding tert-OH is 1. The van der Waals surface area contributed by atoms with E-state index in [4.69, 9.17) is 0 Å². The van der Waals surface area contributed by atoms with E-state index in [0.29, 0.717) is 31.9 Å². The fourth-order valence-electron chi connectivity index (χ4n) is 3.79. The maximum atomic E-state index is 12.8. The Bertz CT molecular complexity index is 1120. The SMILES string of the molecule is O=S(=O)(Nc1ccc(CCNC[C@@H](O)c2cccnc2)cc1)N1CCc2ccccc2C1. The molecule has 0 amide bonds. The van der Waals surface area contributed by atoms with Crippen molar-refractivity contribution in [2.75, 3.05) is 24.4 Å². The molecule has 32 heavy (non-hydrogen) atoms. The Hall–Kier alpha value is -2.78. The van der Waals surface area contributed by atoms with Crippen molar-refractivity contribution >= 4 is 15.9 Å². The lowest BCUT2D eigenvalue weighted by atomic mass is 10.0. The third-order valence-electron chi connectivity index (χ3n) is 5.63. The highest BCUT2D eigenvalue weighted by Gasteiger charge is 2.26. The molecule has 168 valence electrons. The molecule has 0 aliphatic carbocycles. The molecular weight excluding hydrogens is 424 g/mol. The van der Waals surface area contributed by atoms with Crippen LogP contribution >= 0.6 is 0 Å². The van der Waals surface area contributed by atoms with Gasteiger partial charge in [-0.05, 0) is 54.3 Å². The first-order valence-corrected chi connectivity index (χ1v) is 12.2. The second-order valence-corrected chi connectivity index (χ2v) is 9.58. The summed E-state index contributed by atoms with van der Waals surface area (Å²) in [5.74, 6) is 0. The summed E-state index contributed by atoms with van der Waals surface area (Å²) < 4.78 is 29.8. The van der Waals surface area contributed by atoms with Crippen molar-refractivity contribution in [2.45, 2.75) is 25.5 Å². The molecule has 1 aliphatic rings. The minimum atomic E-state index is -3.61. The molecular formula is C24H28N4O3S. The fourth-order valence-corrected chi connectivity index (χ4v) is 4.99. The van der Waals surface area contributed by atoms with Gasteiger partial charge in [0.1, 0.15) is 0 Å². The Labute approximate surface area is 189 Å². The smallest absolute Gasteiger partial charge is 0.301 e.